The molecule has 23 heteroatoms. The van der Waals surface area contributed by atoms with Gasteiger partial charge in [0.2, 0.25) is 0 Å². The molecule has 2 fully saturated rings. The second kappa shape index (κ2) is 24.3. The smallest absolute Gasteiger partial charge is 0.282 e. The highest BCUT2D eigenvalue weighted by Crippen LogP contribution is 2.53. The van der Waals surface area contributed by atoms with Crippen LogP contribution in [-0.4, -0.2) is 58.7 Å². The van der Waals surface area contributed by atoms with Crippen LogP contribution in [0.2, 0.25) is 0 Å². The zero-order chi connectivity index (χ0) is 61.7. The third kappa shape index (κ3) is 12.3. The van der Waals surface area contributed by atoms with Gasteiger partial charge in [-0.2, -0.15) is 10.2 Å². The van der Waals surface area contributed by atoms with E-state index >= 15 is 0 Å². The SMILES string of the molecule is NC(=O)c1cc(-c2cccnc2[C@@H](CC(=O)Cn2nc(C(F)F)c3c2C2CC(C2)C3=O)Cc2cc(F)cc(F)c2)ccc1F.NC(=O)c1cc(-c2cccnc2[C@@H](CC(=O)Cn2nc(C(F)F)c3c2C2CC(C3)C2)Cc2cc(F)cc(F)c2)ccc1F. The monoisotopic (exact) mass is 1200 g/mol. The summed E-state index contributed by atoms with van der Waals surface area (Å²) in [5.41, 5.74) is 13.4. The zero-order valence-corrected chi connectivity index (χ0v) is 45.9. The molecule has 4 heterocycles. The Kier molecular flexibility index (Phi) is 16.6. The van der Waals surface area contributed by atoms with Crippen molar-refractivity contribution in [3.05, 3.63) is 212 Å². The fourth-order valence-corrected chi connectivity index (χ4v) is 12.9. The van der Waals surface area contributed by atoms with Crippen LogP contribution in [0.25, 0.3) is 22.3 Å². The quantitative estimate of drug-likeness (QED) is 0.0697. The van der Waals surface area contributed by atoms with Crippen molar-refractivity contribution in [2.24, 2.45) is 23.3 Å². The zero-order valence-electron chi connectivity index (χ0n) is 45.9. The lowest BCUT2D eigenvalue weighted by Crippen LogP contribution is -2.37. The average Bonchev–Trinajstić information content (AvgIpc) is 1.79. The molecule has 0 saturated heterocycles. The van der Waals surface area contributed by atoms with Crippen LogP contribution in [0, 0.1) is 46.7 Å². The molecule has 0 aliphatic heterocycles. The lowest BCUT2D eigenvalue weighted by Gasteiger charge is -2.41. The van der Waals surface area contributed by atoms with Crippen molar-refractivity contribution in [3.63, 3.8) is 0 Å². The third-order valence-corrected chi connectivity index (χ3v) is 16.8. The van der Waals surface area contributed by atoms with Gasteiger partial charge in [0, 0.05) is 89.3 Å². The Balaban J connectivity index is 0.000000180. The molecule has 87 heavy (non-hydrogen) atoms. The van der Waals surface area contributed by atoms with Gasteiger partial charge < -0.3 is 11.5 Å². The van der Waals surface area contributed by atoms with Crippen LogP contribution < -0.4 is 11.5 Å². The number of hydrogen-bond acceptors (Lipinski definition) is 9. The maximum Gasteiger partial charge on any atom is 0.282 e. The van der Waals surface area contributed by atoms with Gasteiger partial charge in [0.1, 0.15) is 46.3 Å². The first-order chi connectivity index (χ1) is 41.6. The van der Waals surface area contributed by atoms with E-state index in [0.717, 1.165) is 55.3 Å². The lowest BCUT2D eigenvalue weighted by molar-refractivity contribution is -0.121. The standard InChI is InChI=1S/C32H25F5N4O3.C32H27F5N4O2/c33-20-7-15(8-21(34)13-20)6-17(27-23(2-1-5-39-27)16-3-4-25(35)24(12-16)32(38)44)11-22(42)14-41-29-18-9-19(10-18)30(43)26(29)28(40-41)31(36)37;33-21-9-17(10-22(34)14-21)6-19(28-24(2-1-5-39-28)18-3-4-27(35)25(13-18)32(38)43)12-23(42)15-41-30-20-7-16(8-20)11-26(30)29(40-41)31(36)37/h1-5,7-8,12-13,17-19,31H,6,9-11,14H2,(H2,38,44);1-5,9-10,13-14,16,19-20,31H,6-8,11-12,15H2,(H2,38,43)/t17-,18?,19?;16?,19-,20?/m11/s1. The third-order valence-electron chi connectivity index (χ3n) is 16.8. The Bertz CT molecular complexity index is 4020. The number of benzene rings is 4. The molecule has 4 N–H and O–H groups in total. The minimum atomic E-state index is -2.99. The molecule has 4 aromatic heterocycles. The number of amides is 2. The number of nitrogens with zero attached hydrogens (tertiary/aromatic N) is 6. The summed E-state index contributed by atoms with van der Waals surface area (Å²) < 4.78 is 143. The van der Waals surface area contributed by atoms with Crippen molar-refractivity contribution >= 4 is 29.2 Å². The molecular formula is C64H52F10N8O5. The predicted molar refractivity (Wildman–Crippen MR) is 294 cm³/mol. The van der Waals surface area contributed by atoms with Gasteiger partial charge in [-0.05, 0) is 134 Å². The Morgan fingerprint density at radius 1 is 0.529 bits per heavy atom. The molecule has 0 unspecified atom stereocenters. The number of primary amides is 2. The molecule has 6 aliphatic rings. The van der Waals surface area contributed by atoms with Gasteiger partial charge in [-0.1, -0.05) is 24.3 Å². The number of Topliss-reactive ketones (excluding diaryl/α,β-unsaturated/α-hetero) is 3. The summed E-state index contributed by atoms with van der Waals surface area (Å²) in [6, 6.07) is 20.1. The van der Waals surface area contributed by atoms with Crippen molar-refractivity contribution < 1.29 is 67.9 Å². The van der Waals surface area contributed by atoms with E-state index in [1.807, 2.05) is 0 Å². The molecule has 13 nitrogen and oxygen atoms in total. The van der Waals surface area contributed by atoms with Crippen LogP contribution in [0.1, 0.15) is 157 Å². The Morgan fingerprint density at radius 3 is 1.41 bits per heavy atom. The van der Waals surface area contributed by atoms with E-state index in [0.29, 0.717) is 81.8 Å². The molecule has 2 amide bonds. The minimum Gasteiger partial charge on any atom is -0.366 e. The maximum absolute atomic E-state index is 14.3. The Hall–Kier alpha value is -9.15. The van der Waals surface area contributed by atoms with Gasteiger partial charge in [0.25, 0.3) is 24.7 Å². The highest BCUT2D eigenvalue weighted by molar-refractivity contribution is 6.03. The maximum atomic E-state index is 14.3. The molecular weight excluding hydrogens is 1150 g/mol. The van der Waals surface area contributed by atoms with Crippen LogP contribution in [0.4, 0.5) is 43.9 Å². The highest BCUT2D eigenvalue weighted by Gasteiger charge is 2.49. The van der Waals surface area contributed by atoms with Gasteiger partial charge in [-0.15, -0.1) is 0 Å². The van der Waals surface area contributed by atoms with Crippen LogP contribution in [0.5, 0.6) is 0 Å². The normalized spacial score (nSPS) is 17.8. The number of rotatable bonds is 20. The van der Waals surface area contributed by atoms with Gasteiger partial charge >= 0.3 is 0 Å². The number of nitrogens with two attached hydrogens (primary N) is 2. The lowest BCUT2D eigenvalue weighted by atomic mass is 9.63. The van der Waals surface area contributed by atoms with Gasteiger partial charge in [-0.25, -0.2) is 43.9 Å². The molecule has 2 saturated carbocycles. The van der Waals surface area contributed by atoms with Crippen LogP contribution >= 0.6 is 0 Å². The molecule has 8 aromatic rings. The molecule has 6 aliphatic carbocycles. The topological polar surface area (TPSA) is 199 Å². The average molecular weight is 1200 g/mol. The number of aromatic nitrogens is 6. The van der Waals surface area contributed by atoms with E-state index in [9.17, 15) is 67.9 Å². The summed E-state index contributed by atoms with van der Waals surface area (Å²) in [5, 5.41) is 8.12. The second-order valence-corrected chi connectivity index (χ2v) is 22.6. The predicted octanol–water partition coefficient (Wildman–Crippen LogP) is 12.5. The van der Waals surface area contributed by atoms with Crippen molar-refractivity contribution in [3.8, 4) is 22.3 Å². The molecule has 2 atom stereocenters. The van der Waals surface area contributed by atoms with E-state index < -0.39 is 89.4 Å². The molecule has 4 aromatic carbocycles. The van der Waals surface area contributed by atoms with Crippen molar-refractivity contribution in [2.45, 2.75) is 107 Å². The summed E-state index contributed by atoms with van der Waals surface area (Å²) in [5.74, 6) is -9.44. The Morgan fingerprint density at radius 2 is 0.966 bits per heavy atom. The number of carbonyl (C=O) groups is 5. The van der Waals surface area contributed by atoms with E-state index in [1.54, 1.807) is 24.3 Å². The minimum absolute atomic E-state index is 0.0120. The number of alkyl halides is 4. The molecule has 4 bridgehead atoms. The fraction of sp³-hybridized carbons (Fsp3) is 0.297. The summed E-state index contributed by atoms with van der Waals surface area (Å²) in [4.78, 5) is 72.6. The van der Waals surface area contributed by atoms with Gasteiger partial charge in [0.05, 0.1) is 46.9 Å². The van der Waals surface area contributed by atoms with E-state index in [2.05, 4.69) is 20.2 Å². The fourth-order valence-electron chi connectivity index (χ4n) is 12.9. The summed E-state index contributed by atoms with van der Waals surface area (Å²) in [6.07, 6.45) is 0.0930. The van der Waals surface area contributed by atoms with Gasteiger partial charge in [-0.3, -0.25) is 43.3 Å². The largest absolute Gasteiger partial charge is 0.366 e. The first-order valence-corrected chi connectivity index (χ1v) is 27.9. The van der Waals surface area contributed by atoms with E-state index in [1.165, 1.54) is 46.0 Å². The van der Waals surface area contributed by atoms with Crippen LogP contribution in [-0.2, 0) is 41.9 Å². The number of carbonyl (C=O) groups excluding carboxylic acids is 5. The van der Waals surface area contributed by atoms with E-state index in [-0.39, 0.29) is 95.1 Å². The first kappa shape index (κ1) is 59.6. The molecule has 0 radical (unpaired) electrons. The summed E-state index contributed by atoms with van der Waals surface area (Å²) in [7, 11) is 0. The number of halogens is 10. The number of ketones is 3. The van der Waals surface area contributed by atoms with E-state index in [4.69, 9.17) is 11.5 Å². The molecule has 0 spiro atoms. The summed E-state index contributed by atoms with van der Waals surface area (Å²) >= 11 is 0. The van der Waals surface area contributed by atoms with Crippen LogP contribution in [0.15, 0.2) is 109 Å². The van der Waals surface area contributed by atoms with Crippen molar-refractivity contribution in [1.29, 1.82) is 0 Å². The molecule has 448 valence electrons. The highest BCUT2D eigenvalue weighted by atomic mass is 19.3. The first-order valence-electron chi connectivity index (χ1n) is 27.9. The summed E-state index contributed by atoms with van der Waals surface area (Å²) in [6.45, 7) is -0.642. The number of pyridine rings is 2. The van der Waals surface area contributed by atoms with Gasteiger partial charge in [0.15, 0.2) is 17.3 Å². The van der Waals surface area contributed by atoms with Crippen molar-refractivity contribution in [2.75, 3.05) is 0 Å². The molecule has 14 rings (SSSR count). The Labute approximate surface area is 489 Å². The number of hydrogen-bond donors (Lipinski definition) is 2. The van der Waals surface area contributed by atoms with Crippen molar-refractivity contribution in [1.82, 2.24) is 29.5 Å². The van der Waals surface area contributed by atoms with Crippen LogP contribution in [0.3, 0.4) is 0 Å². The second-order valence-electron chi connectivity index (χ2n) is 22.6.